The lowest BCUT2D eigenvalue weighted by atomic mass is 10.1. The molecule has 7 heteroatoms. The highest BCUT2D eigenvalue weighted by Gasteiger charge is 2.25. The van der Waals surface area contributed by atoms with E-state index in [-0.39, 0.29) is 18.1 Å². The summed E-state index contributed by atoms with van der Waals surface area (Å²) in [5.74, 6) is 0.0250. The van der Waals surface area contributed by atoms with E-state index in [4.69, 9.17) is 4.74 Å². The molecule has 0 bridgehead atoms. The summed E-state index contributed by atoms with van der Waals surface area (Å²) in [7, 11) is 0. The summed E-state index contributed by atoms with van der Waals surface area (Å²) in [6.45, 7) is 8.83. The maximum absolute atomic E-state index is 12.1. The fraction of sp³-hybridized carbons (Fsp3) is 0.625. The third-order valence-electron chi connectivity index (χ3n) is 4.15. The van der Waals surface area contributed by atoms with Gasteiger partial charge in [0.15, 0.2) is 4.96 Å². The minimum atomic E-state index is 0.0250. The van der Waals surface area contributed by atoms with E-state index in [0.29, 0.717) is 19.0 Å². The molecule has 0 saturated carbocycles. The predicted octanol–water partition coefficient (Wildman–Crippen LogP) is 1.55. The highest BCUT2D eigenvalue weighted by atomic mass is 32.1. The molecule has 3 rings (SSSR count). The van der Waals surface area contributed by atoms with Crippen LogP contribution in [0.5, 0.6) is 0 Å². The van der Waals surface area contributed by atoms with Crippen LogP contribution >= 0.6 is 11.3 Å². The monoisotopic (exact) mass is 336 g/mol. The summed E-state index contributed by atoms with van der Waals surface area (Å²) in [6, 6.07) is 0.304. The maximum atomic E-state index is 12.1. The summed E-state index contributed by atoms with van der Waals surface area (Å²) in [5.41, 5.74) is 0.815. The summed E-state index contributed by atoms with van der Waals surface area (Å²) >= 11 is 1.57. The van der Waals surface area contributed by atoms with E-state index in [9.17, 15) is 4.79 Å². The number of nitrogens with one attached hydrogen (secondary N) is 1. The van der Waals surface area contributed by atoms with Crippen molar-refractivity contribution in [2.24, 2.45) is 0 Å². The van der Waals surface area contributed by atoms with Gasteiger partial charge in [0.2, 0.25) is 5.91 Å². The molecule has 126 valence electrons. The second-order valence-electron chi connectivity index (χ2n) is 6.37. The van der Waals surface area contributed by atoms with Crippen molar-refractivity contribution < 1.29 is 9.53 Å². The third kappa shape index (κ3) is 4.10. The van der Waals surface area contributed by atoms with Gasteiger partial charge in [-0.25, -0.2) is 4.98 Å². The smallest absolute Gasteiger partial charge is 0.226 e. The number of morpholine rings is 1. The first-order valence-electron chi connectivity index (χ1n) is 8.08. The zero-order valence-electron chi connectivity index (χ0n) is 13.9. The third-order valence-corrected chi connectivity index (χ3v) is 4.92. The molecule has 6 nitrogen and oxygen atoms in total. The van der Waals surface area contributed by atoms with E-state index in [2.05, 4.69) is 36.0 Å². The summed E-state index contributed by atoms with van der Waals surface area (Å²) < 4.78 is 7.70. The van der Waals surface area contributed by atoms with Crippen LogP contribution in [0.25, 0.3) is 4.96 Å². The molecule has 3 heterocycles. The molecule has 1 saturated heterocycles. The van der Waals surface area contributed by atoms with Crippen LogP contribution < -0.4 is 5.32 Å². The quantitative estimate of drug-likeness (QED) is 0.900. The molecule has 1 aliphatic rings. The number of rotatable bonds is 5. The molecule has 1 N–H and O–H groups in total. The molecule has 23 heavy (non-hydrogen) atoms. The zero-order valence-corrected chi connectivity index (χ0v) is 14.7. The van der Waals surface area contributed by atoms with Crippen molar-refractivity contribution in [1.82, 2.24) is 19.6 Å². The van der Waals surface area contributed by atoms with Crippen molar-refractivity contribution in [3.8, 4) is 0 Å². The highest BCUT2D eigenvalue weighted by molar-refractivity contribution is 7.15. The second kappa shape index (κ2) is 6.98. The number of ether oxygens (including phenoxy) is 1. The SMILES string of the molecule is C[C@@H]1CN([C@@H](C)CNC(=O)Cc2cn3ccsc3n2)C[C@H](C)O1. The molecule has 3 atom stereocenters. The van der Waals surface area contributed by atoms with Crippen LogP contribution in [0, 0.1) is 0 Å². The lowest BCUT2D eigenvalue weighted by Gasteiger charge is -2.39. The van der Waals surface area contributed by atoms with Crippen LogP contribution in [0.4, 0.5) is 0 Å². The number of aromatic nitrogens is 2. The van der Waals surface area contributed by atoms with Gasteiger partial charge in [0.1, 0.15) is 0 Å². The Morgan fingerprint density at radius 3 is 2.91 bits per heavy atom. The van der Waals surface area contributed by atoms with Crippen molar-refractivity contribution in [2.75, 3.05) is 19.6 Å². The summed E-state index contributed by atoms with van der Waals surface area (Å²) in [5, 5.41) is 5.01. The number of thiazole rings is 1. The van der Waals surface area contributed by atoms with Gasteiger partial charge in [-0.15, -0.1) is 11.3 Å². The standard InChI is InChI=1S/C16H24N4O2S/c1-11(20-8-12(2)22-13(3)9-20)7-17-15(21)6-14-10-19-4-5-23-16(19)18-14/h4-5,10-13H,6-9H2,1-3H3,(H,17,21)/t11-,12-,13+/m0/s1. The van der Waals surface area contributed by atoms with Crippen LogP contribution in [-0.2, 0) is 16.0 Å². The molecule has 0 radical (unpaired) electrons. The number of fused-ring (bicyclic) bond motifs is 1. The fourth-order valence-electron chi connectivity index (χ4n) is 3.06. The van der Waals surface area contributed by atoms with Crippen molar-refractivity contribution in [3.63, 3.8) is 0 Å². The van der Waals surface area contributed by atoms with Gasteiger partial charge >= 0.3 is 0 Å². The Hall–Kier alpha value is -1.44. The molecular weight excluding hydrogens is 312 g/mol. The summed E-state index contributed by atoms with van der Waals surface area (Å²) in [4.78, 5) is 19.9. The van der Waals surface area contributed by atoms with Crippen LogP contribution in [0.2, 0.25) is 0 Å². The van der Waals surface area contributed by atoms with E-state index in [1.54, 1.807) is 11.3 Å². The molecule has 1 aliphatic heterocycles. The van der Waals surface area contributed by atoms with Gasteiger partial charge in [-0.3, -0.25) is 14.1 Å². The first-order valence-corrected chi connectivity index (χ1v) is 8.96. The van der Waals surface area contributed by atoms with E-state index in [0.717, 1.165) is 23.7 Å². The minimum Gasteiger partial charge on any atom is -0.373 e. The van der Waals surface area contributed by atoms with Gasteiger partial charge in [0.25, 0.3) is 0 Å². The normalized spacial score (nSPS) is 24.0. The topological polar surface area (TPSA) is 58.9 Å². The molecule has 2 aromatic heterocycles. The lowest BCUT2D eigenvalue weighted by molar-refractivity contribution is -0.121. The van der Waals surface area contributed by atoms with Crippen LogP contribution in [0.1, 0.15) is 26.5 Å². The molecule has 0 aromatic carbocycles. The first kappa shape index (κ1) is 16.4. The molecule has 0 spiro atoms. The van der Waals surface area contributed by atoms with E-state index >= 15 is 0 Å². The van der Waals surface area contributed by atoms with E-state index in [1.807, 2.05) is 22.2 Å². The molecule has 0 aliphatic carbocycles. The van der Waals surface area contributed by atoms with Crippen molar-refractivity contribution in [1.29, 1.82) is 0 Å². The van der Waals surface area contributed by atoms with Gasteiger partial charge in [-0.2, -0.15) is 0 Å². The average molecular weight is 336 g/mol. The Balaban J connectivity index is 1.47. The Morgan fingerprint density at radius 1 is 1.48 bits per heavy atom. The zero-order chi connectivity index (χ0) is 16.4. The van der Waals surface area contributed by atoms with Crippen LogP contribution in [0.3, 0.4) is 0 Å². The average Bonchev–Trinajstić information content (AvgIpc) is 3.04. The Bertz CT molecular complexity index is 629. The summed E-state index contributed by atoms with van der Waals surface area (Å²) in [6.07, 6.45) is 4.69. The van der Waals surface area contributed by atoms with Gasteiger partial charge in [-0.05, 0) is 20.8 Å². The highest BCUT2D eigenvalue weighted by Crippen LogP contribution is 2.14. The molecular formula is C16H24N4O2S. The number of hydrogen-bond acceptors (Lipinski definition) is 5. The molecule has 0 unspecified atom stereocenters. The van der Waals surface area contributed by atoms with Crippen molar-refractivity contribution in [2.45, 2.75) is 45.4 Å². The fourth-order valence-corrected chi connectivity index (χ4v) is 3.78. The van der Waals surface area contributed by atoms with Crippen LogP contribution in [0.15, 0.2) is 17.8 Å². The lowest BCUT2D eigenvalue weighted by Crippen LogP contribution is -2.52. The van der Waals surface area contributed by atoms with E-state index in [1.165, 1.54) is 0 Å². The molecule has 1 amide bonds. The Kier molecular flexibility index (Phi) is 4.99. The predicted molar refractivity (Wildman–Crippen MR) is 90.8 cm³/mol. The number of hydrogen-bond donors (Lipinski definition) is 1. The number of carbonyl (C=O) groups is 1. The largest absolute Gasteiger partial charge is 0.373 e. The number of nitrogens with zero attached hydrogens (tertiary/aromatic N) is 3. The Labute approximate surface area is 140 Å². The van der Waals surface area contributed by atoms with Crippen LogP contribution in [-0.4, -0.2) is 58.1 Å². The first-order chi connectivity index (χ1) is 11.0. The van der Waals surface area contributed by atoms with Crippen molar-refractivity contribution >= 4 is 22.2 Å². The molecule has 1 fully saturated rings. The van der Waals surface area contributed by atoms with Gasteiger partial charge < -0.3 is 10.1 Å². The maximum Gasteiger partial charge on any atom is 0.226 e. The number of carbonyl (C=O) groups excluding carboxylic acids is 1. The van der Waals surface area contributed by atoms with Gasteiger partial charge in [-0.1, -0.05) is 0 Å². The second-order valence-corrected chi connectivity index (χ2v) is 7.24. The van der Waals surface area contributed by atoms with Crippen molar-refractivity contribution in [3.05, 3.63) is 23.5 Å². The minimum absolute atomic E-state index is 0.0250. The van der Waals surface area contributed by atoms with Gasteiger partial charge in [0, 0.05) is 43.4 Å². The van der Waals surface area contributed by atoms with Gasteiger partial charge in [0.05, 0.1) is 24.3 Å². The number of imidazole rings is 1. The van der Waals surface area contributed by atoms with E-state index < -0.39 is 0 Å². The Morgan fingerprint density at radius 2 is 2.22 bits per heavy atom. The number of amides is 1. The molecule has 2 aromatic rings.